The summed E-state index contributed by atoms with van der Waals surface area (Å²) >= 11 is 0. The Balaban J connectivity index is 1.34. The molecule has 34 heavy (non-hydrogen) atoms. The van der Waals surface area contributed by atoms with Gasteiger partial charge in [-0.15, -0.1) is 0 Å². The van der Waals surface area contributed by atoms with Gasteiger partial charge in [0.25, 0.3) is 5.91 Å². The molecule has 2 aromatic rings. The molecule has 1 saturated heterocycles. The number of piperidine rings is 1. The van der Waals surface area contributed by atoms with Gasteiger partial charge in [-0.05, 0) is 64.5 Å². The second kappa shape index (κ2) is 9.13. The maximum Gasteiger partial charge on any atom is 0.409 e. The van der Waals surface area contributed by atoms with Gasteiger partial charge < -0.3 is 29.2 Å². The van der Waals surface area contributed by atoms with E-state index in [0.29, 0.717) is 50.3 Å². The van der Waals surface area contributed by atoms with Crippen LogP contribution < -0.4 is 10.1 Å². The van der Waals surface area contributed by atoms with E-state index in [-0.39, 0.29) is 29.4 Å². The largest absolute Gasteiger partial charge is 0.487 e. The van der Waals surface area contributed by atoms with Crippen molar-refractivity contribution < 1.29 is 28.6 Å². The van der Waals surface area contributed by atoms with E-state index >= 15 is 0 Å². The highest BCUT2D eigenvalue weighted by atomic mass is 16.6. The first-order chi connectivity index (χ1) is 16.4. The van der Waals surface area contributed by atoms with Crippen molar-refractivity contribution in [2.45, 2.75) is 83.0 Å². The molecule has 2 amide bonds. The van der Waals surface area contributed by atoms with Crippen LogP contribution >= 0.6 is 0 Å². The Morgan fingerprint density at radius 1 is 1.21 bits per heavy atom. The zero-order valence-corrected chi connectivity index (χ0v) is 20.0. The maximum atomic E-state index is 13.1. The minimum absolute atomic E-state index is 0.0419. The summed E-state index contributed by atoms with van der Waals surface area (Å²) in [5.41, 5.74) is 1.75. The minimum Gasteiger partial charge on any atom is -0.487 e. The summed E-state index contributed by atoms with van der Waals surface area (Å²) in [5.74, 6) is 0.698. The molecule has 8 heteroatoms. The van der Waals surface area contributed by atoms with Crippen LogP contribution in [0, 0.1) is 6.92 Å². The van der Waals surface area contributed by atoms with E-state index in [1.807, 2.05) is 19.1 Å². The Morgan fingerprint density at radius 2 is 1.94 bits per heavy atom. The lowest BCUT2D eigenvalue weighted by molar-refractivity contribution is -0.0374. The molecule has 1 spiro atoms. The molecule has 0 radical (unpaired) electrons. The number of fused-ring (bicyclic) bond motifs is 3. The molecule has 1 aromatic heterocycles. The number of carbonyl (C=O) groups is 2. The van der Waals surface area contributed by atoms with Crippen molar-refractivity contribution in [3.05, 3.63) is 29.0 Å². The normalized spacial score (nSPS) is 22.3. The number of benzene rings is 1. The number of ether oxygens (including phenoxy) is 2. The van der Waals surface area contributed by atoms with E-state index in [1.54, 1.807) is 11.8 Å². The number of likely N-dealkylation sites (tertiary alicyclic amines) is 1. The first-order valence-electron chi connectivity index (χ1n) is 12.6. The van der Waals surface area contributed by atoms with Crippen LogP contribution in [0.4, 0.5) is 4.79 Å². The minimum atomic E-state index is -0.648. The van der Waals surface area contributed by atoms with Gasteiger partial charge in [0.2, 0.25) is 0 Å². The average molecular weight is 471 g/mol. The molecule has 1 unspecified atom stereocenters. The van der Waals surface area contributed by atoms with Crippen molar-refractivity contribution in [2.24, 2.45) is 0 Å². The molecule has 0 bridgehead atoms. The highest BCUT2D eigenvalue weighted by Gasteiger charge is 2.42. The summed E-state index contributed by atoms with van der Waals surface area (Å²) in [7, 11) is 0. The molecule has 3 heterocycles. The number of nitrogens with one attached hydrogen (secondary N) is 1. The van der Waals surface area contributed by atoms with Crippen LogP contribution in [0.1, 0.15) is 86.1 Å². The molecule has 2 fully saturated rings. The van der Waals surface area contributed by atoms with Gasteiger partial charge in [-0.2, -0.15) is 0 Å². The standard InChI is InChI=1S/C26H34N2O6/c1-3-32-25(31)28-13-9-17(10-14-28)27-24(30)23-16(2)21-19(33-23)7-8-20-22(21)18(29)15-26(34-20)11-5-4-6-12-26/h7-8,17-18,29H,3-6,9-15H2,1-2H3,(H,27,30). The quantitative estimate of drug-likeness (QED) is 0.679. The Morgan fingerprint density at radius 3 is 2.65 bits per heavy atom. The van der Waals surface area contributed by atoms with Crippen LogP contribution in [-0.4, -0.2) is 53.3 Å². The van der Waals surface area contributed by atoms with Crippen molar-refractivity contribution in [3.8, 4) is 5.75 Å². The summed E-state index contributed by atoms with van der Waals surface area (Å²) in [6.07, 6.45) is 6.34. The highest BCUT2D eigenvalue weighted by molar-refractivity contribution is 6.00. The van der Waals surface area contributed by atoms with Crippen molar-refractivity contribution >= 4 is 23.0 Å². The highest BCUT2D eigenvalue weighted by Crippen LogP contribution is 2.49. The predicted molar refractivity (Wildman–Crippen MR) is 126 cm³/mol. The number of aliphatic hydroxyl groups is 1. The number of nitrogens with zero attached hydrogens (tertiary/aromatic N) is 1. The van der Waals surface area contributed by atoms with E-state index in [0.717, 1.165) is 42.2 Å². The summed E-state index contributed by atoms with van der Waals surface area (Å²) in [6.45, 7) is 5.09. The molecule has 1 saturated carbocycles. The fraction of sp³-hybridized carbons (Fsp3) is 0.615. The average Bonchev–Trinajstić information content (AvgIpc) is 3.16. The Labute approximate surface area is 199 Å². The fourth-order valence-electron chi connectivity index (χ4n) is 5.89. The van der Waals surface area contributed by atoms with Gasteiger partial charge in [0.1, 0.15) is 16.9 Å². The number of carbonyl (C=O) groups excluding carboxylic acids is 2. The number of amides is 2. The van der Waals surface area contributed by atoms with Crippen LogP contribution in [-0.2, 0) is 4.74 Å². The molecule has 2 aliphatic heterocycles. The van der Waals surface area contributed by atoms with Crippen LogP contribution in [0.2, 0.25) is 0 Å². The molecule has 1 atom stereocenters. The smallest absolute Gasteiger partial charge is 0.409 e. The maximum absolute atomic E-state index is 13.1. The van der Waals surface area contributed by atoms with Gasteiger partial charge in [0, 0.05) is 42.1 Å². The van der Waals surface area contributed by atoms with Crippen LogP contribution in [0.15, 0.2) is 16.5 Å². The van der Waals surface area contributed by atoms with E-state index < -0.39 is 6.10 Å². The monoisotopic (exact) mass is 470 g/mol. The van der Waals surface area contributed by atoms with E-state index in [1.165, 1.54) is 6.42 Å². The molecule has 184 valence electrons. The number of rotatable bonds is 3. The zero-order chi connectivity index (χ0) is 23.9. The molecule has 5 rings (SSSR count). The summed E-state index contributed by atoms with van der Waals surface area (Å²) in [6, 6.07) is 3.66. The van der Waals surface area contributed by atoms with E-state index in [9.17, 15) is 14.7 Å². The summed E-state index contributed by atoms with van der Waals surface area (Å²) < 4.78 is 17.5. The lowest BCUT2D eigenvalue weighted by Crippen LogP contribution is -2.46. The predicted octanol–water partition coefficient (Wildman–Crippen LogP) is 4.61. The van der Waals surface area contributed by atoms with Crippen molar-refractivity contribution in [1.82, 2.24) is 10.2 Å². The van der Waals surface area contributed by atoms with Gasteiger partial charge in [-0.1, -0.05) is 6.42 Å². The molecule has 8 nitrogen and oxygen atoms in total. The molecular formula is C26H34N2O6. The Hall–Kier alpha value is -2.74. The molecule has 1 aromatic carbocycles. The third kappa shape index (κ3) is 4.13. The summed E-state index contributed by atoms with van der Waals surface area (Å²) in [5, 5.41) is 15.0. The zero-order valence-electron chi connectivity index (χ0n) is 20.0. The summed E-state index contributed by atoms with van der Waals surface area (Å²) in [4.78, 5) is 26.7. The second-order valence-electron chi connectivity index (χ2n) is 9.91. The van der Waals surface area contributed by atoms with Crippen molar-refractivity contribution in [1.29, 1.82) is 0 Å². The SMILES string of the molecule is CCOC(=O)N1CCC(NC(=O)c2oc3ccc4c(c3c2C)C(O)CC2(CCCCC2)O4)CC1. The lowest BCUT2D eigenvalue weighted by Gasteiger charge is -2.43. The van der Waals surface area contributed by atoms with Crippen molar-refractivity contribution in [2.75, 3.05) is 19.7 Å². The van der Waals surface area contributed by atoms with Crippen LogP contribution in [0.3, 0.4) is 0 Å². The number of aliphatic hydroxyl groups excluding tert-OH is 1. The van der Waals surface area contributed by atoms with Crippen LogP contribution in [0.25, 0.3) is 11.0 Å². The number of aryl methyl sites for hydroxylation is 1. The Kier molecular flexibility index (Phi) is 6.18. The third-order valence-electron chi connectivity index (χ3n) is 7.65. The van der Waals surface area contributed by atoms with Gasteiger partial charge in [0.05, 0.1) is 12.7 Å². The van der Waals surface area contributed by atoms with E-state index in [4.69, 9.17) is 13.9 Å². The first kappa shape index (κ1) is 23.0. The molecule has 1 aliphatic carbocycles. The molecular weight excluding hydrogens is 436 g/mol. The Bertz CT molecular complexity index is 1080. The number of hydrogen-bond acceptors (Lipinski definition) is 6. The fourth-order valence-corrected chi connectivity index (χ4v) is 5.89. The molecule has 2 N–H and O–H groups in total. The van der Waals surface area contributed by atoms with Gasteiger partial charge in [-0.25, -0.2) is 4.79 Å². The van der Waals surface area contributed by atoms with Crippen molar-refractivity contribution in [3.63, 3.8) is 0 Å². The van der Waals surface area contributed by atoms with E-state index in [2.05, 4.69) is 5.32 Å². The second-order valence-corrected chi connectivity index (χ2v) is 9.91. The van der Waals surface area contributed by atoms with Gasteiger partial charge in [0.15, 0.2) is 5.76 Å². The van der Waals surface area contributed by atoms with Gasteiger partial charge in [-0.3, -0.25) is 4.79 Å². The lowest BCUT2D eigenvalue weighted by atomic mass is 9.77. The first-order valence-corrected chi connectivity index (χ1v) is 12.6. The van der Waals surface area contributed by atoms with Crippen LogP contribution in [0.5, 0.6) is 5.75 Å². The number of furan rings is 1. The third-order valence-corrected chi connectivity index (χ3v) is 7.65. The molecule has 3 aliphatic rings. The topological polar surface area (TPSA) is 101 Å². The van der Waals surface area contributed by atoms with Gasteiger partial charge >= 0.3 is 6.09 Å². The number of hydrogen-bond donors (Lipinski definition) is 2.